The van der Waals surface area contributed by atoms with Crippen LogP contribution in [-0.2, 0) is 0 Å². The topological polar surface area (TPSA) is 77.1 Å². The minimum atomic E-state index is -0.481. The SMILES string of the molecule is O=c1[nH]c([C@@H]2COc3ccccc3O2)nc2c(-c3ccccc3)nsc12. The molecular weight excluding hydrogens is 350 g/mol. The second kappa shape index (κ2) is 5.96. The second-order valence-electron chi connectivity index (χ2n) is 5.89. The number of hydrogen-bond acceptors (Lipinski definition) is 6. The van der Waals surface area contributed by atoms with Crippen LogP contribution in [0, 0.1) is 0 Å². The largest absolute Gasteiger partial charge is 0.485 e. The van der Waals surface area contributed by atoms with Crippen LogP contribution in [0.3, 0.4) is 0 Å². The maximum Gasteiger partial charge on any atom is 0.270 e. The van der Waals surface area contributed by atoms with Crippen molar-refractivity contribution in [3.05, 3.63) is 70.8 Å². The van der Waals surface area contributed by atoms with E-state index in [1.54, 1.807) is 0 Å². The lowest BCUT2D eigenvalue weighted by molar-refractivity contribution is 0.0852. The number of nitrogens with one attached hydrogen (secondary N) is 1. The van der Waals surface area contributed by atoms with Crippen LogP contribution in [0.1, 0.15) is 11.9 Å². The molecule has 5 rings (SSSR count). The van der Waals surface area contributed by atoms with Crippen LogP contribution in [0.5, 0.6) is 11.5 Å². The number of aromatic amines is 1. The summed E-state index contributed by atoms with van der Waals surface area (Å²) in [6.07, 6.45) is -0.481. The van der Waals surface area contributed by atoms with E-state index >= 15 is 0 Å². The van der Waals surface area contributed by atoms with E-state index in [1.165, 1.54) is 0 Å². The number of fused-ring (bicyclic) bond motifs is 2. The van der Waals surface area contributed by atoms with Crippen molar-refractivity contribution in [1.29, 1.82) is 0 Å². The van der Waals surface area contributed by atoms with Crippen molar-refractivity contribution >= 4 is 21.7 Å². The number of para-hydroxylation sites is 2. The first-order valence-corrected chi connectivity index (χ1v) is 8.90. The van der Waals surface area contributed by atoms with E-state index in [0.717, 1.165) is 17.1 Å². The van der Waals surface area contributed by atoms with Gasteiger partial charge in [0.1, 0.15) is 22.5 Å². The van der Waals surface area contributed by atoms with Crippen molar-refractivity contribution in [3.8, 4) is 22.8 Å². The molecule has 4 aromatic rings. The van der Waals surface area contributed by atoms with Gasteiger partial charge in [0.05, 0.1) is 0 Å². The van der Waals surface area contributed by atoms with Gasteiger partial charge in [-0.05, 0) is 23.7 Å². The number of ether oxygens (including phenoxy) is 2. The highest BCUT2D eigenvalue weighted by atomic mass is 32.1. The molecule has 0 amide bonds. The van der Waals surface area contributed by atoms with Crippen LogP contribution in [-0.4, -0.2) is 20.9 Å². The molecule has 0 saturated carbocycles. The first-order chi connectivity index (χ1) is 12.8. The van der Waals surface area contributed by atoms with E-state index in [9.17, 15) is 4.79 Å². The highest BCUT2D eigenvalue weighted by Crippen LogP contribution is 2.35. The van der Waals surface area contributed by atoms with Crippen molar-refractivity contribution < 1.29 is 9.47 Å². The summed E-state index contributed by atoms with van der Waals surface area (Å²) in [6, 6.07) is 17.2. The third-order valence-electron chi connectivity index (χ3n) is 4.21. The molecule has 0 bridgehead atoms. The fraction of sp³-hybridized carbons (Fsp3) is 0.105. The average molecular weight is 363 g/mol. The lowest BCUT2D eigenvalue weighted by Gasteiger charge is -2.25. The smallest absolute Gasteiger partial charge is 0.270 e. The fourth-order valence-corrected chi connectivity index (χ4v) is 3.69. The summed E-state index contributed by atoms with van der Waals surface area (Å²) < 4.78 is 16.6. The summed E-state index contributed by atoms with van der Waals surface area (Å²) in [4.78, 5) is 20.0. The number of benzene rings is 2. The predicted molar refractivity (Wildman–Crippen MR) is 98.8 cm³/mol. The van der Waals surface area contributed by atoms with Gasteiger partial charge in [-0.15, -0.1) is 0 Å². The third-order valence-corrected chi connectivity index (χ3v) is 5.04. The second-order valence-corrected chi connectivity index (χ2v) is 6.66. The normalized spacial score (nSPS) is 15.9. The van der Waals surface area contributed by atoms with E-state index in [-0.39, 0.29) is 12.2 Å². The van der Waals surface area contributed by atoms with Crippen LogP contribution < -0.4 is 15.0 Å². The van der Waals surface area contributed by atoms with Crippen LogP contribution in [0.15, 0.2) is 59.4 Å². The molecule has 26 heavy (non-hydrogen) atoms. The first kappa shape index (κ1) is 15.1. The van der Waals surface area contributed by atoms with E-state index < -0.39 is 6.10 Å². The lowest BCUT2D eigenvalue weighted by Crippen LogP contribution is -2.25. The van der Waals surface area contributed by atoms with Gasteiger partial charge in [0.25, 0.3) is 5.56 Å². The van der Waals surface area contributed by atoms with Crippen LogP contribution in [0.2, 0.25) is 0 Å². The van der Waals surface area contributed by atoms with Crippen molar-refractivity contribution in [2.45, 2.75) is 6.10 Å². The standard InChI is InChI=1S/C19H13N3O3S/c23-19-17-16(15(22-26-17)11-6-2-1-3-7-11)20-18(21-19)14-10-24-12-8-4-5-9-13(12)25-14/h1-9,14H,10H2,(H,20,21,23)/t14-/m0/s1. The summed E-state index contributed by atoms with van der Waals surface area (Å²) in [5.74, 6) is 1.77. The lowest BCUT2D eigenvalue weighted by atomic mass is 10.1. The summed E-state index contributed by atoms with van der Waals surface area (Å²) in [5.41, 5.74) is 2.00. The van der Waals surface area contributed by atoms with Gasteiger partial charge in [0, 0.05) is 5.56 Å². The summed E-state index contributed by atoms with van der Waals surface area (Å²) in [6.45, 7) is 0.281. The highest BCUT2D eigenvalue weighted by molar-refractivity contribution is 7.13. The molecule has 3 heterocycles. The van der Waals surface area contributed by atoms with Gasteiger partial charge in [-0.1, -0.05) is 42.5 Å². The predicted octanol–water partition coefficient (Wildman–Crippen LogP) is 3.56. The Balaban J connectivity index is 1.61. The van der Waals surface area contributed by atoms with Gasteiger partial charge in [-0.3, -0.25) is 4.79 Å². The molecule has 6 nitrogen and oxygen atoms in total. The molecule has 1 aliphatic rings. The number of nitrogens with zero attached hydrogens (tertiary/aromatic N) is 2. The minimum absolute atomic E-state index is 0.216. The Morgan fingerprint density at radius 2 is 1.81 bits per heavy atom. The zero-order valence-electron chi connectivity index (χ0n) is 13.5. The summed E-state index contributed by atoms with van der Waals surface area (Å²) in [7, 11) is 0. The maximum atomic E-state index is 12.5. The van der Waals surface area contributed by atoms with Crippen molar-refractivity contribution in [2.75, 3.05) is 6.61 Å². The molecule has 2 aromatic carbocycles. The van der Waals surface area contributed by atoms with Crippen molar-refractivity contribution in [1.82, 2.24) is 14.3 Å². The molecule has 0 saturated heterocycles. The number of hydrogen-bond donors (Lipinski definition) is 1. The molecule has 1 N–H and O–H groups in total. The zero-order chi connectivity index (χ0) is 17.5. The molecule has 1 atom stereocenters. The Kier molecular flexibility index (Phi) is 3.46. The van der Waals surface area contributed by atoms with Crippen molar-refractivity contribution in [2.24, 2.45) is 0 Å². The van der Waals surface area contributed by atoms with Crippen LogP contribution in [0.25, 0.3) is 21.5 Å². The molecule has 0 unspecified atom stereocenters. The van der Waals surface area contributed by atoms with Gasteiger partial charge >= 0.3 is 0 Å². The first-order valence-electron chi connectivity index (χ1n) is 8.13. The quantitative estimate of drug-likeness (QED) is 0.589. The Bertz CT molecular complexity index is 1150. The molecule has 0 spiro atoms. The molecule has 2 aromatic heterocycles. The molecule has 0 fully saturated rings. The highest BCUT2D eigenvalue weighted by Gasteiger charge is 2.26. The average Bonchev–Trinajstić information content (AvgIpc) is 3.13. The Morgan fingerprint density at radius 1 is 1.04 bits per heavy atom. The van der Waals surface area contributed by atoms with Gasteiger partial charge in [-0.2, -0.15) is 4.37 Å². The van der Waals surface area contributed by atoms with Crippen molar-refractivity contribution in [3.63, 3.8) is 0 Å². The van der Waals surface area contributed by atoms with E-state index in [1.807, 2.05) is 54.6 Å². The molecule has 0 radical (unpaired) electrons. The van der Waals surface area contributed by atoms with Crippen LogP contribution >= 0.6 is 11.5 Å². The Hall–Kier alpha value is -3.19. The number of H-pyrrole nitrogens is 1. The van der Waals surface area contributed by atoms with E-state index in [2.05, 4.69) is 14.3 Å². The maximum absolute atomic E-state index is 12.5. The molecule has 1 aliphatic heterocycles. The monoisotopic (exact) mass is 363 g/mol. The molecule has 128 valence electrons. The van der Waals surface area contributed by atoms with E-state index in [0.29, 0.717) is 33.2 Å². The molecule has 7 heteroatoms. The van der Waals surface area contributed by atoms with E-state index in [4.69, 9.17) is 9.47 Å². The Morgan fingerprint density at radius 3 is 2.65 bits per heavy atom. The van der Waals surface area contributed by atoms with Gasteiger partial charge in [-0.25, -0.2) is 4.98 Å². The minimum Gasteiger partial charge on any atom is -0.485 e. The van der Waals surface area contributed by atoms with Gasteiger partial charge in [0.2, 0.25) is 0 Å². The number of aromatic nitrogens is 3. The number of rotatable bonds is 2. The van der Waals surface area contributed by atoms with Gasteiger partial charge in [0.15, 0.2) is 23.4 Å². The molecule has 0 aliphatic carbocycles. The third kappa shape index (κ3) is 2.44. The zero-order valence-corrected chi connectivity index (χ0v) is 14.3. The van der Waals surface area contributed by atoms with Gasteiger partial charge < -0.3 is 14.5 Å². The molecular formula is C19H13N3O3S. The summed E-state index contributed by atoms with van der Waals surface area (Å²) in [5, 5.41) is 0. The fourth-order valence-electron chi connectivity index (χ4n) is 2.95. The summed E-state index contributed by atoms with van der Waals surface area (Å²) >= 11 is 1.15. The van der Waals surface area contributed by atoms with Crippen LogP contribution in [0.4, 0.5) is 0 Å². The Labute approximate surface area is 152 Å².